The molecule has 4 unspecified atom stereocenters. The number of ether oxygens (including phenoxy) is 1. The van der Waals surface area contributed by atoms with Crippen LogP contribution < -0.4 is 21.2 Å². The van der Waals surface area contributed by atoms with Gasteiger partial charge in [-0.05, 0) is 0 Å². The molecule has 2 nitrogen and oxygen atoms in total. The minimum absolute atomic E-state index is 0.117. The maximum atomic E-state index is 11.2. The zero-order valence-corrected chi connectivity index (χ0v) is 8.28. The Bertz CT molecular complexity index is 216. The maximum absolute atomic E-state index is 11.2. The second-order valence-corrected chi connectivity index (χ2v) is 7.00. The van der Waals surface area contributed by atoms with E-state index in [1.165, 1.54) is 10.8 Å². The third-order valence-corrected chi connectivity index (χ3v) is 7.34. The number of carbonyl (C=O) groups is 1. The van der Waals surface area contributed by atoms with Crippen molar-refractivity contribution in [1.29, 1.82) is 0 Å². The first-order valence-corrected chi connectivity index (χ1v) is 6.88. The molecule has 3 rings (SSSR count). The Hall–Kier alpha value is 0.200. The van der Waals surface area contributed by atoms with Crippen LogP contribution in [0, 0.1) is 17.8 Å². The predicted octanol–water partition coefficient (Wildman–Crippen LogP) is -2.73. The molecule has 0 N–H and O–H groups in total. The van der Waals surface area contributed by atoms with Crippen LogP contribution in [0.15, 0.2) is 0 Å². The van der Waals surface area contributed by atoms with E-state index in [9.17, 15) is 4.79 Å². The normalized spacial score (nSPS) is 53.6. The molecule has 0 amide bonds. The molecule has 1 saturated carbocycles. The zero-order valence-electron chi connectivity index (χ0n) is 6.13. The number of esters is 1. The van der Waals surface area contributed by atoms with Crippen molar-refractivity contribution < 1.29 is 30.7 Å². The molecule has 4 atom stereocenters. The molecule has 11 heavy (non-hydrogen) atoms. The molecule has 2 heterocycles. The summed E-state index contributed by atoms with van der Waals surface area (Å²) < 4.78 is 7.41. The van der Waals surface area contributed by atoms with E-state index in [1.54, 1.807) is 0 Å². The van der Waals surface area contributed by atoms with Crippen molar-refractivity contribution in [2.45, 2.75) is 10.3 Å². The van der Waals surface area contributed by atoms with Gasteiger partial charge < -0.3 is 0 Å². The quantitative estimate of drug-likeness (QED) is 0.270. The van der Waals surface area contributed by atoms with Crippen LogP contribution in [0.1, 0.15) is 6.42 Å². The number of halogens is 1. The first-order chi connectivity index (χ1) is 5.36. The summed E-state index contributed by atoms with van der Waals surface area (Å²) in [6.07, 6.45) is 1.36. The molecule has 0 aromatic carbocycles. The van der Waals surface area contributed by atoms with Crippen molar-refractivity contribution in [3.63, 3.8) is 0 Å². The fourth-order valence-electron chi connectivity index (χ4n) is 2.60. The second kappa shape index (κ2) is 2.12. The molecular formula is C8H10IO2-. The van der Waals surface area contributed by atoms with Crippen molar-refractivity contribution >= 4 is 5.97 Å². The van der Waals surface area contributed by atoms with Gasteiger partial charge in [-0.15, -0.1) is 0 Å². The van der Waals surface area contributed by atoms with Crippen LogP contribution in [0.25, 0.3) is 0 Å². The fourth-order valence-corrected chi connectivity index (χ4v) is 7.14. The minimum atomic E-state index is 0.117. The third kappa shape index (κ3) is 0.752. The van der Waals surface area contributed by atoms with Crippen molar-refractivity contribution in [3.8, 4) is 0 Å². The van der Waals surface area contributed by atoms with Gasteiger partial charge in [0.2, 0.25) is 0 Å². The predicted molar refractivity (Wildman–Crippen MR) is 34.7 cm³/mol. The fraction of sp³-hybridized carbons (Fsp3) is 0.875. The summed E-state index contributed by atoms with van der Waals surface area (Å²) in [5, 5.41) is 0. The van der Waals surface area contributed by atoms with Gasteiger partial charge in [0.1, 0.15) is 0 Å². The number of cyclic esters (lactones) is 1. The summed E-state index contributed by atoms with van der Waals surface area (Å²) in [5.74, 6) is 1.86. The van der Waals surface area contributed by atoms with Gasteiger partial charge in [0.15, 0.2) is 0 Å². The zero-order chi connectivity index (χ0) is 7.42. The van der Waals surface area contributed by atoms with E-state index in [4.69, 9.17) is 4.74 Å². The molecule has 2 bridgehead atoms. The van der Waals surface area contributed by atoms with E-state index < -0.39 is 0 Å². The van der Waals surface area contributed by atoms with Crippen molar-refractivity contribution in [1.82, 2.24) is 0 Å². The number of carbonyl (C=O) groups excluding carboxylic acids is 1. The monoisotopic (exact) mass is 265 g/mol. The van der Waals surface area contributed by atoms with Crippen LogP contribution in [-0.2, 0) is 9.53 Å². The van der Waals surface area contributed by atoms with E-state index >= 15 is 0 Å². The summed E-state index contributed by atoms with van der Waals surface area (Å²) in [5.41, 5.74) is 0. The summed E-state index contributed by atoms with van der Waals surface area (Å²) in [6.45, 7) is 0.754. The molecule has 2 saturated heterocycles. The summed E-state index contributed by atoms with van der Waals surface area (Å²) >= 11 is 0.441. The first kappa shape index (κ1) is 6.69. The SMILES string of the molecule is O=C1OCC2C3CC(C[I-]3)C12. The van der Waals surface area contributed by atoms with Crippen LogP contribution in [0.4, 0.5) is 0 Å². The van der Waals surface area contributed by atoms with E-state index in [1.807, 2.05) is 0 Å². The third-order valence-electron chi connectivity index (χ3n) is 3.14. The summed E-state index contributed by atoms with van der Waals surface area (Å²) in [4.78, 5) is 11.2. The molecule has 62 valence electrons. The van der Waals surface area contributed by atoms with Gasteiger partial charge in [0.25, 0.3) is 0 Å². The Morgan fingerprint density at radius 2 is 2.45 bits per heavy atom. The molecule has 0 spiro atoms. The van der Waals surface area contributed by atoms with Crippen molar-refractivity contribution in [2.75, 3.05) is 11.0 Å². The van der Waals surface area contributed by atoms with E-state index in [0.717, 1.165) is 16.4 Å². The number of hydrogen-bond donors (Lipinski definition) is 0. The van der Waals surface area contributed by atoms with Crippen LogP contribution >= 0.6 is 0 Å². The molecule has 0 aromatic rings. The summed E-state index contributed by atoms with van der Waals surface area (Å²) in [7, 11) is 0. The Balaban J connectivity index is 1.97. The van der Waals surface area contributed by atoms with Crippen LogP contribution in [0.2, 0.25) is 0 Å². The van der Waals surface area contributed by atoms with Crippen LogP contribution in [0.3, 0.4) is 0 Å². The van der Waals surface area contributed by atoms with Gasteiger partial charge in [-0.25, -0.2) is 0 Å². The van der Waals surface area contributed by atoms with Gasteiger partial charge in [-0.2, -0.15) is 0 Å². The Morgan fingerprint density at radius 1 is 1.55 bits per heavy atom. The Kier molecular flexibility index (Phi) is 1.29. The van der Waals surface area contributed by atoms with E-state index in [-0.39, 0.29) is 5.97 Å². The standard InChI is InChI=1S/C8H10IO2/c10-8-7-4-1-6(9-2-4)5(7)3-11-8/h4-7H,1-3H2/q-1. The van der Waals surface area contributed by atoms with Crippen LogP contribution in [-0.4, -0.2) is 20.9 Å². The number of alkyl halides is 2. The molecule has 0 aromatic heterocycles. The van der Waals surface area contributed by atoms with Gasteiger partial charge in [-0.3, -0.25) is 0 Å². The second-order valence-electron chi connectivity index (χ2n) is 3.64. The Morgan fingerprint density at radius 3 is 3.27 bits per heavy atom. The average molecular weight is 265 g/mol. The van der Waals surface area contributed by atoms with Gasteiger partial charge >= 0.3 is 75.8 Å². The first-order valence-electron chi connectivity index (χ1n) is 4.10. The van der Waals surface area contributed by atoms with Crippen molar-refractivity contribution in [3.05, 3.63) is 0 Å². The molecule has 1 aliphatic carbocycles. The molecule has 3 fully saturated rings. The van der Waals surface area contributed by atoms with Gasteiger partial charge in [0, 0.05) is 0 Å². The number of hydrogen-bond acceptors (Lipinski definition) is 2. The van der Waals surface area contributed by atoms with Gasteiger partial charge in [0.05, 0.1) is 0 Å². The molecule has 3 aliphatic rings. The van der Waals surface area contributed by atoms with Crippen LogP contribution in [0.5, 0.6) is 0 Å². The topological polar surface area (TPSA) is 26.3 Å². The average Bonchev–Trinajstić information content (AvgIpc) is 2.60. The number of rotatable bonds is 0. The molecule has 3 heteroatoms. The molecule has 0 radical (unpaired) electrons. The van der Waals surface area contributed by atoms with E-state index in [0.29, 0.717) is 33.0 Å². The Labute approximate surface area is 75.9 Å². The molecular weight excluding hydrogens is 255 g/mol. The van der Waals surface area contributed by atoms with E-state index in [2.05, 4.69) is 0 Å². The number of fused-ring (bicyclic) bond motifs is 5. The summed E-state index contributed by atoms with van der Waals surface area (Å²) in [6, 6.07) is 0. The molecule has 2 aliphatic heterocycles. The van der Waals surface area contributed by atoms with Crippen molar-refractivity contribution in [2.24, 2.45) is 17.8 Å². The van der Waals surface area contributed by atoms with Gasteiger partial charge in [-0.1, -0.05) is 0 Å².